The second-order valence-corrected chi connectivity index (χ2v) is 10.1. The first-order valence-electron chi connectivity index (χ1n) is 11.5. The van der Waals surface area contributed by atoms with Gasteiger partial charge in [0, 0.05) is 6.61 Å². The highest BCUT2D eigenvalue weighted by Crippen LogP contribution is 2.46. The fourth-order valence-corrected chi connectivity index (χ4v) is 6.35. The van der Waals surface area contributed by atoms with Gasteiger partial charge in [-0.05, 0) is 87.4 Å². The van der Waals surface area contributed by atoms with Crippen molar-refractivity contribution < 1.29 is 9.13 Å². The summed E-state index contributed by atoms with van der Waals surface area (Å²) in [5.41, 5.74) is 0. The zero-order valence-electron chi connectivity index (χ0n) is 17.0. The van der Waals surface area contributed by atoms with Crippen LogP contribution in [0.25, 0.3) is 0 Å². The molecule has 0 aromatic rings. The molecular formula is C23H40ClFO. The maximum Gasteiger partial charge on any atom is 0.122 e. The highest BCUT2D eigenvalue weighted by atomic mass is 35.5. The van der Waals surface area contributed by atoms with E-state index in [1.165, 1.54) is 51.4 Å². The van der Waals surface area contributed by atoms with E-state index < -0.39 is 11.5 Å². The molecule has 3 rings (SSSR count). The van der Waals surface area contributed by atoms with E-state index in [1.54, 1.807) is 0 Å². The Morgan fingerprint density at radius 2 is 1.42 bits per heavy atom. The smallest absolute Gasteiger partial charge is 0.122 e. The Hall–Kier alpha value is 0.180. The van der Waals surface area contributed by atoms with Gasteiger partial charge in [-0.25, -0.2) is 4.39 Å². The third-order valence-corrected chi connectivity index (χ3v) is 8.35. The minimum atomic E-state index is -0.880. The van der Waals surface area contributed by atoms with Gasteiger partial charge in [-0.3, -0.25) is 0 Å². The molecule has 3 heteroatoms. The van der Waals surface area contributed by atoms with Gasteiger partial charge in [0.05, 0.1) is 11.5 Å². The van der Waals surface area contributed by atoms with Crippen LogP contribution < -0.4 is 0 Å². The number of hydrogen-bond donors (Lipinski definition) is 0. The van der Waals surface area contributed by atoms with Crippen molar-refractivity contribution in [1.29, 1.82) is 0 Å². The van der Waals surface area contributed by atoms with Crippen molar-refractivity contribution in [1.82, 2.24) is 0 Å². The highest BCUT2D eigenvalue weighted by Gasteiger charge is 2.43. The van der Waals surface area contributed by atoms with Crippen LogP contribution in [-0.4, -0.2) is 24.3 Å². The zero-order valence-corrected chi connectivity index (χ0v) is 17.7. The van der Waals surface area contributed by atoms with Crippen molar-refractivity contribution in [2.24, 2.45) is 29.6 Å². The molecule has 3 saturated carbocycles. The second kappa shape index (κ2) is 10.1. The molecule has 0 bridgehead atoms. The van der Waals surface area contributed by atoms with Crippen LogP contribution >= 0.6 is 11.6 Å². The van der Waals surface area contributed by atoms with E-state index in [4.69, 9.17) is 16.3 Å². The normalized spacial score (nSPS) is 44.8. The molecule has 26 heavy (non-hydrogen) atoms. The summed E-state index contributed by atoms with van der Waals surface area (Å²) in [4.78, 5) is 0. The third kappa shape index (κ3) is 5.16. The molecule has 0 amide bonds. The van der Waals surface area contributed by atoms with E-state index in [-0.39, 0.29) is 12.0 Å². The molecule has 0 saturated heterocycles. The van der Waals surface area contributed by atoms with Gasteiger partial charge >= 0.3 is 0 Å². The number of halogens is 2. The molecule has 1 nitrogen and oxygen atoms in total. The molecule has 4 atom stereocenters. The standard InChI is InChI=1S/C23H40ClFO/c1-3-4-15-26-21-14-13-20(23(25)22(21)24)19-11-9-18(10-12-19)17-7-5-16(2)6-8-17/h16-23H,3-15H2,1-2H3. The summed E-state index contributed by atoms with van der Waals surface area (Å²) < 4.78 is 20.9. The van der Waals surface area contributed by atoms with Crippen LogP contribution in [0.15, 0.2) is 0 Å². The van der Waals surface area contributed by atoms with Crippen LogP contribution in [0.4, 0.5) is 4.39 Å². The highest BCUT2D eigenvalue weighted by molar-refractivity contribution is 6.21. The van der Waals surface area contributed by atoms with Crippen LogP contribution in [0.1, 0.15) is 90.9 Å². The first-order chi connectivity index (χ1) is 12.6. The molecule has 0 aromatic carbocycles. The van der Waals surface area contributed by atoms with Crippen molar-refractivity contribution in [3.63, 3.8) is 0 Å². The minimum absolute atomic E-state index is 0.0740. The molecule has 152 valence electrons. The number of unbranched alkanes of at least 4 members (excludes halogenated alkanes) is 1. The SMILES string of the molecule is CCCCOC1CCC(C2CCC(C3CCC(C)CC3)CC2)C(F)C1Cl. The molecular weight excluding hydrogens is 347 g/mol. The van der Waals surface area contributed by atoms with Crippen molar-refractivity contribution in [3.05, 3.63) is 0 Å². The molecule has 0 heterocycles. The maximum atomic E-state index is 15.1. The summed E-state index contributed by atoms with van der Waals surface area (Å²) in [6.45, 7) is 5.28. The van der Waals surface area contributed by atoms with Crippen molar-refractivity contribution in [3.8, 4) is 0 Å². The van der Waals surface area contributed by atoms with Gasteiger partial charge in [0.25, 0.3) is 0 Å². The zero-order chi connectivity index (χ0) is 18.5. The Balaban J connectivity index is 1.44. The van der Waals surface area contributed by atoms with E-state index >= 15 is 4.39 Å². The summed E-state index contributed by atoms with van der Waals surface area (Å²) in [7, 11) is 0. The Labute approximate surface area is 165 Å². The first-order valence-corrected chi connectivity index (χ1v) is 11.9. The maximum absolute atomic E-state index is 15.1. The van der Waals surface area contributed by atoms with Gasteiger partial charge < -0.3 is 4.74 Å². The quantitative estimate of drug-likeness (QED) is 0.347. The Kier molecular flexibility index (Phi) is 8.12. The fraction of sp³-hybridized carbons (Fsp3) is 1.00. The van der Waals surface area contributed by atoms with Gasteiger partial charge in [-0.15, -0.1) is 11.6 Å². The summed E-state index contributed by atoms with van der Waals surface area (Å²) >= 11 is 6.49. The monoisotopic (exact) mass is 386 g/mol. The van der Waals surface area contributed by atoms with Crippen molar-refractivity contribution in [2.75, 3.05) is 6.61 Å². The van der Waals surface area contributed by atoms with E-state index in [0.29, 0.717) is 5.92 Å². The van der Waals surface area contributed by atoms with Crippen LogP contribution in [0.5, 0.6) is 0 Å². The molecule has 0 spiro atoms. The van der Waals surface area contributed by atoms with Gasteiger partial charge in [0.1, 0.15) is 6.17 Å². The Morgan fingerprint density at radius 1 is 0.846 bits per heavy atom. The van der Waals surface area contributed by atoms with Crippen LogP contribution in [0, 0.1) is 29.6 Å². The summed E-state index contributed by atoms with van der Waals surface area (Å²) in [5, 5.41) is -0.442. The summed E-state index contributed by atoms with van der Waals surface area (Å²) in [6, 6.07) is 0. The predicted octanol–water partition coefficient (Wildman–Crippen LogP) is 7.16. The summed E-state index contributed by atoms with van der Waals surface area (Å²) in [5.74, 6) is 3.54. The van der Waals surface area contributed by atoms with E-state index in [2.05, 4.69) is 13.8 Å². The van der Waals surface area contributed by atoms with E-state index in [0.717, 1.165) is 50.0 Å². The number of hydrogen-bond acceptors (Lipinski definition) is 1. The largest absolute Gasteiger partial charge is 0.377 e. The lowest BCUT2D eigenvalue weighted by atomic mass is 9.65. The third-order valence-electron chi connectivity index (χ3n) is 7.83. The Bertz CT molecular complexity index is 401. The lowest BCUT2D eigenvalue weighted by Crippen LogP contribution is -2.45. The molecule has 3 aliphatic rings. The van der Waals surface area contributed by atoms with Crippen LogP contribution in [0.2, 0.25) is 0 Å². The van der Waals surface area contributed by atoms with Crippen molar-refractivity contribution >= 4 is 11.6 Å². The van der Waals surface area contributed by atoms with E-state index in [9.17, 15) is 0 Å². The molecule has 0 radical (unpaired) electrons. The first kappa shape index (κ1) is 20.9. The van der Waals surface area contributed by atoms with E-state index in [1.807, 2.05) is 0 Å². The predicted molar refractivity (Wildman–Crippen MR) is 108 cm³/mol. The second-order valence-electron chi connectivity index (χ2n) is 9.59. The Morgan fingerprint density at radius 3 is 2.04 bits per heavy atom. The van der Waals surface area contributed by atoms with Gasteiger partial charge in [0.2, 0.25) is 0 Å². The average molecular weight is 387 g/mol. The lowest BCUT2D eigenvalue weighted by Gasteiger charge is -2.43. The topological polar surface area (TPSA) is 9.23 Å². The minimum Gasteiger partial charge on any atom is -0.377 e. The molecule has 0 aliphatic heterocycles. The molecule has 0 N–H and O–H groups in total. The van der Waals surface area contributed by atoms with Gasteiger partial charge in [-0.1, -0.05) is 33.1 Å². The lowest BCUT2D eigenvalue weighted by molar-refractivity contribution is -0.0278. The van der Waals surface area contributed by atoms with Gasteiger partial charge in [0.15, 0.2) is 0 Å². The number of rotatable bonds is 6. The summed E-state index contributed by atoms with van der Waals surface area (Å²) in [6.07, 6.45) is 14.0. The number of ether oxygens (including phenoxy) is 1. The van der Waals surface area contributed by atoms with Gasteiger partial charge in [-0.2, -0.15) is 0 Å². The van der Waals surface area contributed by atoms with Crippen LogP contribution in [-0.2, 0) is 4.74 Å². The average Bonchev–Trinajstić information content (AvgIpc) is 2.66. The number of alkyl halides is 2. The fourth-order valence-electron chi connectivity index (χ4n) is 5.97. The molecule has 3 fully saturated rings. The molecule has 4 unspecified atom stereocenters. The molecule has 3 aliphatic carbocycles. The molecule has 0 aromatic heterocycles. The van der Waals surface area contributed by atoms with Crippen LogP contribution in [0.3, 0.4) is 0 Å². The van der Waals surface area contributed by atoms with Crippen molar-refractivity contribution in [2.45, 2.75) is 109 Å².